The van der Waals surface area contributed by atoms with E-state index in [1.54, 1.807) is 48.5 Å². The summed E-state index contributed by atoms with van der Waals surface area (Å²) >= 11 is 0. The number of hydrogen-bond acceptors (Lipinski definition) is 4. The Bertz CT molecular complexity index is 1310. The van der Waals surface area contributed by atoms with Crippen molar-refractivity contribution in [1.82, 2.24) is 0 Å². The summed E-state index contributed by atoms with van der Waals surface area (Å²) in [6, 6.07) is 30.9. The Kier molecular flexibility index (Phi) is 14.9. The van der Waals surface area contributed by atoms with Crippen LogP contribution in [0.4, 0.5) is 0 Å². The Balaban J connectivity index is 0.000000902. The lowest BCUT2D eigenvalue weighted by atomic mass is 9.53. The molecule has 2 aliphatic carbocycles. The first-order valence-electron chi connectivity index (χ1n) is 19.2. The van der Waals surface area contributed by atoms with Gasteiger partial charge in [-0.05, 0) is 139 Å². The first-order valence-corrected chi connectivity index (χ1v) is 19.2. The van der Waals surface area contributed by atoms with Gasteiger partial charge in [-0.25, -0.2) is 0 Å². The molecule has 0 unspecified atom stereocenters. The number of phenols is 4. The van der Waals surface area contributed by atoms with Gasteiger partial charge in [0.05, 0.1) is 0 Å². The van der Waals surface area contributed by atoms with Crippen LogP contribution < -0.4 is 0 Å². The van der Waals surface area contributed by atoms with Crippen molar-refractivity contribution < 1.29 is 20.4 Å². The van der Waals surface area contributed by atoms with E-state index in [4.69, 9.17) is 0 Å². The van der Waals surface area contributed by atoms with E-state index in [-0.39, 0.29) is 39.2 Å². The van der Waals surface area contributed by atoms with Gasteiger partial charge in [0, 0.05) is 10.8 Å². The van der Waals surface area contributed by atoms with E-state index in [2.05, 4.69) is 76.2 Å². The number of benzene rings is 4. The van der Waals surface area contributed by atoms with Crippen LogP contribution in [0.15, 0.2) is 97.1 Å². The van der Waals surface area contributed by atoms with Crippen molar-refractivity contribution >= 4 is 0 Å². The van der Waals surface area contributed by atoms with Crippen LogP contribution >= 0.6 is 0 Å². The summed E-state index contributed by atoms with van der Waals surface area (Å²) < 4.78 is 0. The zero-order valence-corrected chi connectivity index (χ0v) is 32.0. The fourth-order valence-electron chi connectivity index (χ4n) is 8.65. The first kappa shape index (κ1) is 40.5. The third-order valence-electron chi connectivity index (χ3n) is 11.5. The molecule has 2 fully saturated rings. The molecule has 4 nitrogen and oxygen atoms in total. The maximum atomic E-state index is 9.99. The zero-order chi connectivity index (χ0) is 37.0. The van der Waals surface area contributed by atoms with Gasteiger partial charge in [-0.2, -0.15) is 0 Å². The smallest absolute Gasteiger partial charge is 0.115 e. The minimum absolute atomic E-state index is 0.132. The van der Waals surface area contributed by atoms with Gasteiger partial charge in [0.25, 0.3) is 0 Å². The fourth-order valence-corrected chi connectivity index (χ4v) is 8.65. The number of aromatic hydroxyl groups is 4. The molecule has 0 spiro atoms. The Morgan fingerprint density at radius 1 is 0.440 bits per heavy atom. The normalized spacial score (nSPS) is 17.1. The molecular weight excluding hydrogens is 617 g/mol. The molecule has 0 radical (unpaired) electrons. The fraction of sp³-hybridized carbons (Fsp3) is 0.478. The molecule has 4 aromatic rings. The summed E-state index contributed by atoms with van der Waals surface area (Å²) in [5.74, 6) is 2.35. The van der Waals surface area contributed by atoms with Crippen molar-refractivity contribution in [3.63, 3.8) is 0 Å². The maximum Gasteiger partial charge on any atom is 0.115 e. The lowest BCUT2D eigenvalue weighted by Gasteiger charge is -2.51. The number of hydrogen-bond donors (Lipinski definition) is 4. The van der Waals surface area contributed by atoms with Crippen LogP contribution in [-0.4, -0.2) is 20.4 Å². The van der Waals surface area contributed by atoms with Crippen molar-refractivity contribution in [2.24, 2.45) is 17.3 Å². The second-order valence-electron chi connectivity index (χ2n) is 14.4. The van der Waals surface area contributed by atoms with Crippen LogP contribution in [0.3, 0.4) is 0 Å². The molecule has 0 aromatic heterocycles. The van der Waals surface area contributed by atoms with Crippen molar-refractivity contribution in [2.75, 3.05) is 0 Å². The predicted molar refractivity (Wildman–Crippen MR) is 210 cm³/mol. The molecule has 0 atom stereocenters. The lowest BCUT2D eigenvalue weighted by molar-refractivity contribution is 0.0364. The molecule has 0 saturated heterocycles. The molecular formula is C46H64O4. The quantitative estimate of drug-likeness (QED) is 0.163. The molecule has 0 heterocycles. The van der Waals surface area contributed by atoms with E-state index in [0.717, 1.165) is 51.4 Å². The van der Waals surface area contributed by atoms with Crippen LogP contribution in [0.1, 0.15) is 135 Å². The van der Waals surface area contributed by atoms with Gasteiger partial charge in [-0.1, -0.05) is 110 Å². The standard InChI is InChI=1S/C39H44O4.C3H8.2C2H6/c1-37(2,27-19-23-38(24-20-27,29-3-11-33(40)12-4-29)30-5-13-34(41)14-6-30)28-21-25-39(26-22-28,31-7-15-35(42)16-8-31)32-9-17-36(43)18-10-32;1-3-2;2*1-2/h3-18,27-28,40-43H,19-26H2,1-2H3;3H2,1-2H3;2*1-2H3. The largest absolute Gasteiger partial charge is 0.508 e. The van der Waals surface area contributed by atoms with Crippen LogP contribution in [-0.2, 0) is 10.8 Å². The summed E-state index contributed by atoms with van der Waals surface area (Å²) in [7, 11) is 0. The van der Waals surface area contributed by atoms with Gasteiger partial charge in [-0.3, -0.25) is 0 Å². The van der Waals surface area contributed by atoms with Gasteiger partial charge < -0.3 is 20.4 Å². The van der Waals surface area contributed by atoms with Crippen molar-refractivity contribution in [1.29, 1.82) is 0 Å². The molecule has 0 amide bonds. The number of rotatable bonds is 6. The third kappa shape index (κ3) is 8.86. The molecule has 50 heavy (non-hydrogen) atoms. The molecule has 4 aromatic carbocycles. The van der Waals surface area contributed by atoms with E-state index < -0.39 is 0 Å². The van der Waals surface area contributed by atoms with E-state index in [1.165, 1.54) is 28.7 Å². The SMILES string of the molecule is CC.CC.CC(C)(C1CCC(c2ccc(O)cc2)(c2ccc(O)cc2)CC1)C1CCC(c2ccc(O)cc2)(c2ccc(O)cc2)CC1.CCC. The van der Waals surface area contributed by atoms with Gasteiger partial charge in [-0.15, -0.1) is 0 Å². The second kappa shape index (κ2) is 18.4. The predicted octanol–water partition coefficient (Wildman–Crippen LogP) is 12.7. The molecule has 2 saturated carbocycles. The van der Waals surface area contributed by atoms with Crippen LogP contribution in [0, 0.1) is 17.3 Å². The Hall–Kier alpha value is -3.92. The van der Waals surface area contributed by atoms with Gasteiger partial charge in [0.15, 0.2) is 0 Å². The summed E-state index contributed by atoms with van der Waals surface area (Å²) in [6.45, 7) is 17.2. The highest BCUT2D eigenvalue weighted by atomic mass is 16.3. The van der Waals surface area contributed by atoms with E-state index in [9.17, 15) is 20.4 Å². The van der Waals surface area contributed by atoms with Gasteiger partial charge in [0.1, 0.15) is 23.0 Å². The Morgan fingerprint density at radius 3 is 0.800 bits per heavy atom. The average Bonchev–Trinajstić information content (AvgIpc) is 3.15. The average molecular weight is 681 g/mol. The van der Waals surface area contributed by atoms with Crippen LogP contribution in [0.2, 0.25) is 0 Å². The van der Waals surface area contributed by atoms with Gasteiger partial charge >= 0.3 is 0 Å². The first-order chi connectivity index (χ1) is 24.0. The van der Waals surface area contributed by atoms with Crippen LogP contribution in [0.25, 0.3) is 0 Å². The summed E-state index contributed by atoms with van der Waals surface area (Å²) in [5, 5.41) is 40.0. The molecule has 0 aliphatic heterocycles. The molecule has 272 valence electrons. The maximum absolute atomic E-state index is 9.99. The minimum atomic E-state index is -0.132. The third-order valence-corrected chi connectivity index (χ3v) is 11.5. The van der Waals surface area contributed by atoms with Gasteiger partial charge in [0.2, 0.25) is 0 Å². The van der Waals surface area contributed by atoms with Crippen LogP contribution in [0.5, 0.6) is 23.0 Å². The Labute approximate surface area is 303 Å². The zero-order valence-electron chi connectivity index (χ0n) is 32.0. The molecule has 4 N–H and O–H groups in total. The summed E-state index contributed by atoms with van der Waals surface area (Å²) in [5.41, 5.74) is 4.86. The van der Waals surface area contributed by atoms with E-state index in [1.807, 2.05) is 27.7 Å². The highest BCUT2D eigenvalue weighted by molar-refractivity contribution is 5.45. The van der Waals surface area contributed by atoms with E-state index in [0.29, 0.717) is 11.8 Å². The topological polar surface area (TPSA) is 80.9 Å². The molecule has 0 bridgehead atoms. The van der Waals surface area contributed by atoms with Crippen molar-refractivity contribution in [2.45, 2.75) is 124 Å². The Morgan fingerprint density at radius 2 is 0.620 bits per heavy atom. The van der Waals surface area contributed by atoms with E-state index >= 15 is 0 Å². The highest BCUT2D eigenvalue weighted by Crippen LogP contribution is 2.57. The minimum Gasteiger partial charge on any atom is -0.508 e. The highest BCUT2D eigenvalue weighted by Gasteiger charge is 2.48. The van der Waals surface area contributed by atoms with Crippen molar-refractivity contribution in [3.8, 4) is 23.0 Å². The second-order valence-corrected chi connectivity index (χ2v) is 14.4. The van der Waals surface area contributed by atoms with Crippen molar-refractivity contribution in [3.05, 3.63) is 119 Å². The summed E-state index contributed by atoms with van der Waals surface area (Å²) in [6.07, 6.45) is 9.92. The molecule has 6 rings (SSSR count). The molecule has 4 heteroatoms. The lowest BCUT2D eigenvalue weighted by Crippen LogP contribution is -2.43. The molecule has 2 aliphatic rings. The monoisotopic (exact) mass is 680 g/mol. The number of phenolic OH excluding ortho intramolecular Hbond substituents is 4. The summed E-state index contributed by atoms with van der Waals surface area (Å²) in [4.78, 5) is 0.